The molecule has 0 radical (unpaired) electrons. The number of anilines is 1. The molecule has 26 heavy (non-hydrogen) atoms. The van der Waals surface area contributed by atoms with Crippen LogP contribution in [0.3, 0.4) is 0 Å². The van der Waals surface area contributed by atoms with E-state index in [0.29, 0.717) is 22.1 Å². The van der Waals surface area contributed by atoms with Gasteiger partial charge >= 0.3 is 6.03 Å². The van der Waals surface area contributed by atoms with Gasteiger partial charge in [0.15, 0.2) is 10.8 Å². The molecule has 0 saturated carbocycles. The van der Waals surface area contributed by atoms with Crippen molar-refractivity contribution in [2.75, 3.05) is 5.32 Å². The third kappa shape index (κ3) is 3.92. The van der Waals surface area contributed by atoms with Gasteiger partial charge in [-0.05, 0) is 43.7 Å². The second kappa shape index (κ2) is 7.40. The Labute approximate surface area is 154 Å². The van der Waals surface area contributed by atoms with Crippen molar-refractivity contribution in [1.29, 1.82) is 0 Å². The number of nitrogens with one attached hydrogen (secondary N) is 2. The van der Waals surface area contributed by atoms with Gasteiger partial charge in [-0.3, -0.25) is 4.79 Å². The molecule has 0 bridgehead atoms. The number of hydrogen-bond acceptors (Lipinski definition) is 5. The van der Waals surface area contributed by atoms with E-state index in [1.165, 1.54) is 11.3 Å². The smallest absolute Gasteiger partial charge is 0.316 e. The number of rotatable bonds is 5. The molecule has 7 nitrogen and oxygen atoms in total. The largest absolute Gasteiger partial charge is 0.462 e. The summed E-state index contributed by atoms with van der Waals surface area (Å²) >= 11 is 1.41. The zero-order chi connectivity index (χ0) is 18.7. The van der Waals surface area contributed by atoms with Crippen LogP contribution in [0.25, 0.3) is 10.8 Å². The number of urea groups is 1. The standard InChI is InChI=1S/C18H18N4O3S/c1-10(12-5-7-13(8-6-12)21-18(19)24)20-16(23)15-11(2)26-17(22-15)14-4-3-9-25-14/h3-10H,1-2H3,(H,20,23)(H3,19,21,24). The summed E-state index contributed by atoms with van der Waals surface area (Å²) in [4.78, 5) is 28.6. The zero-order valence-corrected chi connectivity index (χ0v) is 15.1. The Kier molecular flexibility index (Phi) is 5.04. The molecule has 2 heterocycles. The lowest BCUT2D eigenvalue weighted by atomic mass is 10.1. The summed E-state index contributed by atoms with van der Waals surface area (Å²) in [7, 11) is 0. The molecule has 1 unspecified atom stereocenters. The average molecular weight is 370 g/mol. The number of primary amides is 1. The van der Waals surface area contributed by atoms with Crippen molar-refractivity contribution in [3.05, 3.63) is 58.8 Å². The van der Waals surface area contributed by atoms with Crippen LogP contribution in [-0.4, -0.2) is 16.9 Å². The van der Waals surface area contributed by atoms with E-state index >= 15 is 0 Å². The molecule has 0 aliphatic heterocycles. The first kappa shape index (κ1) is 17.7. The summed E-state index contributed by atoms with van der Waals surface area (Å²) in [5.74, 6) is 0.395. The van der Waals surface area contributed by atoms with Crippen LogP contribution in [0.1, 0.15) is 33.9 Å². The first-order valence-electron chi connectivity index (χ1n) is 7.92. The fourth-order valence-corrected chi connectivity index (χ4v) is 3.34. The molecule has 0 saturated heterocycles. The summed E-state index contributed by atoms with van der Waals surface area (Å²) in [5.41, 5.74) is 6.96. The van der Waals surface area contributed by atoms with Gasteiger partial charge in [-0.1, -0.05) is 12.1 Å². The molecule has 8 heteroatoms. The van der Waals surface area contributed by atoms with E-state index < -0.39 is 6.03 Å². The number of carbonyl (C=O) groups is 2. The van der Waals surface area contributed by atoms with Gasteiger partial charge in [0.2, 0.25) is 0 Å². The molecule has 0 aliphatic rings. The van der Waals surface area contributed by atoms with E-state index in [9.17, 15) is 9.59 Å². The normalized spacial score (nSPS) is 11.8. The second-order valence-electron chi connectivity index (χ2n) is 5.71. The highest BCUT2D eigenvalue weighted by atomic mass is 32.1. The van der Waals surface area contributed by atoms with Crippen molar-refractivity contribution in [1.82, 2.24) is 10.3 Å². The molecule has 4 N–H and O–H groups in total. The average Bonchev–Trinajstić information content (AvgIpc) is 3.24. The monoisotopic (exact) mass is 370 g/mol. The lowest BCUT2D eigenvalue weighted by Gasteiger charge is -2.14. The molecule has 134 valence electrons. The minimum Gasteiger partial charge on any atom is -0.462 e. The van der Waals surface area contributed by atoms with Crippen LogP contribution < -0.4 is 16.4 Å². The summed E-state index contributed by atoms with van der Waals surface area (Å²) < 4.78 is 5.33. The summed E-state index contributed by atoms with van der Waals surface area (Å²) in [5, 5.41) is 6.10. The molecule has 3 rings (SSSR count). The number of aromatic nitrogens is 1. The molecular formula is C18H18N4O3S. The van der Waals surface area contributed by atoms with Crippen molar-refractivity contribution in [2.24, 2.45) is 5.73 Å². The van der Waals surface area contributed by atoms with Crippen LogP contribution >= 0.6 is 11.3 Å². The molecular weight excluding hydrogens is 352 g/mol. The SMILES string of the molecule is Cc1sc(-c2ccco2)nc1C(=O)NC(C)c1ccc(NC(N)=O)cc1. The lowest BCUT2D eigenvalue weighted by Crippen LogP contribution is -2.27. The number of aryl methyl sites for hydroxylation is 1. The maximum atomic E-state index is 12.6. The highest BCUT2D eigenvalue weighted by Gasteiger charge is 2.19. The molecule has 1 atom stereocenters. The molecule has 0 spiro atoms. The minimum absolute atomic E-state index is 0.224. The van der Waals surface area contributed by atoms with Crippen LogP contribution in [0.4, 0.5) is 10.5 Å². The third-order valence-corrected chi connectivity index (χ3v) is 4.75. The summed E-state index contributed by atoms with van der Waals surface area (Å²) in [6.07, 6.45) is 1.57. The van der Waals surface area contributed by atoms with E-state index in [0.717, 1.165) is 10.4 Å². The zero-order valence-electron chi connectivity index (χ0n) is 14.3. The first-order chi connectivity index (χ1) is 12.4. The van der Waals surface area contributed by atoms with Gasteiger partial charge in [0.25, 0.3) is 5.91 Å². The topological polar surface area (TPSA) is 110 Å². The number of nitrogens with two attached hydrogens (primary N) is 1. The number of amides is 3. The number of nitrogens with zero attached hydrogens (tertiary/aromatic N) is 1. The number of carbonyl (C=O) groups excluding carboxylic acids is 2. The number of furan rings is 1. The van der Waals surface area contributed by atoms with Gasteiger partial charge in [0.05, 0.1) is 12.3 Å². The minimum atomic E-state index is -0.620. The molecule has 2 aromatic heterocycles. The van der Waals surface area contributed by atoms with Crippen molar-refractivity contribution >= 4 is 29.0 Å². The van der Waals surface area contributed by atoms with E-state index in [1.807, 2.05) is 32.0 Å². The summed E-state index contributed by atoms with van der Waals surface area (Å²) in [6.45, 7) is 3.73. The molecule has 0 fully saturated rings. The van der Waals surface area contributed by atoms with Crippen LogP contribution in [-0.2, 0) is 0 Å². The maximum absolute atomic E-state index is 12.6. The van der Waals surface area contributed by atoms with Crippen LogP contribution in [0.5, 0.6) is 0 Å². The fourth-order valence-electron chi connectivity index (χ4n) is 2.46. The fraction of sp³-hybridized carbons (Fsp3) is 0.167. The molecule has 3 aromatic rings. The van der Waals surface area contributed by atoms with Gasteiger partial charge in [-0.2, -0.15) is 0 Å². The quantitative estimate of drug-likeness (QED) is 0.636. The molecule has 3 amide bonds. The Morgan fingerprint density at radius 1 is 1.23 bits per heavy atom. The van der Waals surface area contributed by atoms with Gasteiger partial charge in [0, 0.05) is 10.6 Å². The van der Waals surface area contributed by atoms with Crippen LogP contribution in [0.2, 0.25) is 0 Å². The van der Waals surface area contributed by atoms with Crippen molar-refractivity contribution in [3.63, 3.8) is 0 Å². The first-order valence-corrected chi connectivity index (χ1v) is 8.74. The highest BCUT2D eigenvalue weighted by molar-refractivity contribution is 7.15. The Morgan fingerprint density at radius 2 is 1.96 bits per heavy atom. The summed E-state index contributed by atoms with van der Waals surface area (Å²) in [6, 6.07) is 9.84. The maximum Gasteiger partial charge on any atom is 0.316 e. The number of thiazole rings is 1. The second-order valence-corrected chi connectivity index (χ2v) is 6.91. The van der Waals surface area contributed by atoms with Gasteiger partial charge in [-0.25, -0.2) is 9.78 Å². The van der Waals surface area contributed by atoms with E-state index in [2.05, 4.69) is 15.6 Å². The lowest BCUT2D eigenvalue weighted by molar-refractivity contribution is 0.0935. The van der Waals surface area contributed by atoms with Crippen molar-refractivity contribution < 1.29 is 14.0 Å². The highest BCUT2D eigenvalue weighted by Crippen LogP contribution is 2.28. The Hall–Kier alpha value is -3.13. The van der Waals surface area contributed by atoms with Gasteiger partial charge < -0.3 is 20.8 Å². The molecule has 0 aliphatic carbocycles. The van der Waals surface area contributed by atoms with E-state index in [4.69, 9.17) is 10.2 Å². The Bertz CT molecular complexity index is 917. The molecule has 1 aromatic carbocycles. The predicted octanol–water partition coefficient (Wildman–Crippen LogP) is 3.69. The van der Waals surface area contributed by atoms with Crippen molar-refractivity contribution in [2.45, 2.75) is 19.9 Å². The van der Waals surface area contributed by atoms with Crippen molar-refractivity contribution in [3.8, 4) is 10.8 Å². The number of hydrogen-bond donors (Lipinski definition) is 3. The van der Waals surface area contributed by atoms with Crippen LogP contribution in [0.15, 0.2) is 47.1 Å². The Balaban J connectivity index is 1.70. The predicted molar refractivity (Wildman–Crippen MR) is 100 cm³/mol. The van der Waals surface area contributed by atoms with E-state index in [-0.39, 0.29) is 11.9 Å². The number of benzene rings is 1. The Morgan fingerprint density at radius 3 is 2.58 bits per heavy atom. The van der Waals surface area contributed by atoms with Gasteiger partial charge in [-0.15, -0.1) is 11.3 Å². The van der Waals surface area contributed by atoms with E-state index in [1.54, 1.807) is 24.5 Å². The van der Waals surface area contributed by atoms with Gasteiger partial charge in [0.1, 0.15) is 5.69 Å². The third-order valence-electron chi connectivity index (χ3n) is 3.77. The van der Waals surface area contributed by atoms with Crippen LogP contribution in [0, 0.1) is 6.92 Å².